The van der Waals surface area contributed by atoms with Gasteiger partial charge in [-0.25, -0.2) is 0 Å². The summed E-state index contributed by atoms with van der Waals surface area (Å²) < 4.78 is 42.6. The van der Waals surface area contributed by atoms with Crippen LogP contribution in [0.2, 0.25) is 0 Å². The molecule has 0 bridgehead atoms. The van der Waals surface area contributed by atoms with E-state index in [1.54, 1.807) is 0 Å². The van der Waals surface area contributed by atoms with Crippen molar-refractivity contribution in [2.24, 2.45) is 0 Å². The quantitative estimate of drug-likeness (QED) is 0.732. The van der Waals surface area contributed by atoms with Crippen molar-refractivity contribution < 1.29 is 22.7 Å². The molecule has 0 saturated carbocycles. The number of hydrogen-bond donors (Lipinski definition) is 0. The van der Waals surface area contributed by atoms with Gasteiger partial charge in [0.05, 0.1) is 18.2 Å². The number of halogens is 3. The summed E-state index contributed by atoms with van der Waals surface area (Å²) in [6.07, 6.45) is -4.46. The van der Waals surface area contributed by atoms with Gasteiger partial charge in [-0.15, -0.1) is 0 Å². The highest BCUT2D eigenvalue weighted by Gasteiger charge is 2.33. The van der Waals surface area contributed by atoms with E-state index in [9.17, 15) is 18.0 Å². The average molecular weight is 232 g/mol. The number of ether oxygens (including phenoxy) is 1. The number of aryl methyl sites for hydroxylation is 1. The number of carbonyl (C=O) groups excluding carboxylic acids is 1. The molecule has 0 aromatic heterocycles. The second-order valence-electron chi connectivity index (χ2n) is 3.42. The number of Topliss-reactive ketones (excluding diaryl/α,β-unsaturated/α-hetero) is 1. The molecule has 0 spiro atoms. The normalized spacial score (nSPS) is 11.4. The van der Waals surface area contributed by atoms with Crippen LogP contribution in [0.5, 0.6) is 5.75 Å². The summed E-state index contributed by atoms with van der Waals surface area (Å²) >= 11 is 0. The van der Waals surface area contributed by atoms with Crippen molar-refractivity contribution in [3.8, 4) is 5.75 Å². The molecule has 0 atom stereocenters. The first-order valence-electron chi connectivity index (χ1n) is 4.54. The van der Waals surface area contributed by atoms with E-state index in [2.05, 4.69) is 0 Å². The maximum Gasteiger partial charge on any atom is 0.416 e. The van der Waals surface area contributed by atoms with E-state index in [0.29, 0.717) is 0 Å². The zero-order valence-corrected chi connectivity index (χ0v) is 9.11. The molecule has 88 valence electrons. The molecule has 0 saturated heterocycles. The van der Waals surface area contributed by atoms with E-state index in [4.69, 9.17) is 4.74 Å². The molecular formula is C11H11F3O2. The predicted molar refractivity (Wildman–Crippen MR) is 52.7 cm³/mol. The van der Waals surface area contributed by atoms with Crippen molar-refractivity contribution in [3.05, 3.63) is 28.8 Å². The van der Waals surface area contributed by atoms with Crippen LogP contribution in [0, 0.1) is 6.92 Å². The SMILES string of the molecule is COc1cc(C)c(C(F)(F)F)cc1C(C)=O. The van der Waals surface area contributed by atoms with Gasteiger partial charge in [-0.1, -0.05) is 0 Å². The Morgan fingerprint density at radius 2 is 1.88 bits per heavy atom. The van der Waals surface area contributed by atoms with E-state index in [1.807, 2.05) is 0 Å². The Morgan fingerprint density at radius 3 is 2.25 bits per heavy atom. The topological polar surface area (TPSA) is 26.3 Å². The molecule has 16 heavy (non-hydrogen) atoms. The summed E-state index contributed by atoms with van der Waals surface area (Å²) in [5.74, 6) is -0.291. The summed E-state index contributed by atoms with van der Waals surface area (Å²) in [6, 6.07) is 2.05. The van der Waals surface area contributed by atoms with Gasteiger partial charge < -0.3 is 4.74 Å². The van der Waals surface area contributed by atoms with Crippen molar-refractivity contribution in [2.45, 2.75) is 20.0 Å². The van der Waals surface area contributed by atoms with Crippen LogP contribution >= 0.6 is 0 Å². The molecule has 5 heteroatoms. The zero-order chi connectivity index (χ0) is 12.5. The minimum atomic E-state index is -4.46. The summed E-state index contributed by atoms with van der Waals surface area (Å²) in [5.41, 5.74) is -0.826. The molecule has 1 aromatic rings. The molecule has 0 amide bonds. The van der Waals surface area contributed by atoms with Gasteiger partial charge in [-0.2, -0.15) is 13.2 Å². The minimum absolute atomic E-state index is 0.0364. The lowest BCUT2D eigenvalue weighted by Crippen LogP contribution is -2.10. The Morgan fingerprint density at radius 1 is 1.31 bits per heavy atom. The summed E-state index contributed by atoms with van der Waals surface area (Å²) in [5, 5.41) is 0. The maximum atomic E-state index is 12.6. The second kappa shape index (κ2) is 4.15. The number of ketones is 1. The minimum Gasteiger partial charge on any atom is -0.496 e. The van der Waals surface area contributed by atoms with Crippen LogP contribution < -0.4 is 4.74 Å². The molecule has 2 nitrogen and oxygen atoms in total. The third-order valence-electron chi connectivity index (χ3n) is 2.23. The van der Waals surface area contributed by atoms with Crippen molar-refractivity contribution in [2.75, 3.05) is 7.11 Å². The van der Waals surface area contributed by atoms with Crippen molar-refractivity contribution >= 4 is 5.78 Å². The lowest BCUT2D eigenvalue weighted by Gasteiger charge is -2.14. The average Bonchev–Trinajstić information content (AvgIpc) is 2.14. The number of benzene rings is 1. The molecule has 0 heterocycles. The van der Waals surface area contributed by atoms with Gasteiger partial charge in [0.25, 0.3) is 0 Å². The van der Waals surface area contributed by atoms with Crippen LogP contribution in [-0.4, -0.2) is 12.9 Å². The molecule has 1 aromatic carbocycles. The van der Waals surface area contributed by atoms with Gasteiger partial charge in [-0.3, -0.25) is 4.79 Å². The number of carbonyl (C=O) groups is 1. The number of rotatable bonds is 2. The van der Waals surface area contributed by atoms with E-state index < -0.39 is 17.5 Å². The summed E-state index contributed by atoms with van der Waals surface area (Å²) in [7, 11) is 1.31. The summed E-state index contributed by atoms with van der Waals surface area (Å²) in [6.45, 7) is 2.53. The molecular weight excluding hydrogens is 221 g/mol. The van der Waals surface area contributed by atoms with Crippen LogP contribution in [-0.2, 0) is 6.18 Å². The van der Waals surface area contributed by atoms with E-state index >= 15 is 0 Å². The Kier molecular flexibility index (Phi) is 3.26. The largest absolute Gasteiger partial charge is 0.496 e. The first kappa shape index (κ1) is 12.5. The van der Waals surface area contributed by atoms with Crippen molar-refractivity contribution in [1.82, 2.24) is 0 Å². The molecule has 0 fully saturated rings. The van der Waals surface area contributed by atoms with Crippen molar-refractivity contribution in [3.63, 3.8) is 0 Å². The number of methoxy groups -OCH3 is 1. The van der Waals surface area contributed by atoms with E-state index in [1.165, 1.54) is 27.0 Å². The third-order valence-corrected chi connectivity index (χ3v) is 2.23. The highest BCUT2D eigenvalue weighted by atomic mass is 19.4. The second-order valence-corrected chi connectivity index (χ2v) is 3.42. The van der Waals surface area contributed by atoms with Gasteiger partial charge >= 0.3 is 6.18 Å². The van der Waals surface area contributed by atoms with Gasteiger partial charge in [-0.05, 0) is 31.5 Å². The Bertz CT molecular complexity index is 422. The van der Waals surface area contributed by atoms with E-state index in [0.717, 1.165) is 6.07 Å². The van der Waals surface area contributed by atoms with Crippen LogP contribution in [0.15, 0.2) is 12.1 Å². The van der Waals surface area contributed by atoms with Gasteiger partial charge in [0.15, 0.2) is 5.78 Å². The van der Waals surface area contributed by atoms with E-state index in [-0.39, 0.29) is 16.9 Å². The molecule has 0 aliphatic rings. The number of hydrogen-bond acceptors (Lipinski definition) is 2. The Hall–Kier alpha value is -1.52. The maximum absolute atomic E-state index is 12.6. The van der Waals surface area contributed by atoms with Gasteiger partial charge in [0.2, 0.25) is 0 Å². The molecule has 0 aliphatic heterocycles. The highest BCUT2D eigenvalue weighted by molar-refractivity contribution is 5.97. The lowest BCUT2D eigenvalue weighted by molar-refractivity contribution is -0.138. The van der Waals surface area contributed by atoms with Crippen LogP contribution in [0.4, 0.5) is 13.2 Å². The first-order chi connectivity index (χ1) is 7.27. The van der Waals surface area contributed by atoms with Crippen LogP contribution in [0.3, 0.4) is 0 Å². The molecule has 0 radical (unpaired) electrons. The monoisotopic (exact) mass is 232 g/mol. The fraction of sp³-hybridized carbons (Fsp3) is 0.364. The fourth-order valence-electron chi connectivity index (χ4n) is 1.43. The Labute approximate surface area is 91.0 Å². The van der Waals surface area contributed by atoms with Crippen LogP contribution in [0.25, 0.3) is 0 Å². The standard InChI is InChI=1S/C11H11F3O2/c1-6-4-10(16-3)8(7(2)15)5-9(6)11(12,13)14/h4-5H,1-3H3. The smallest absolute Gasteiger partial charge is 0.416 e. The van der Waals surface area contributed by atoms with Gasteiger partial charge in [0, 0.05) is 0 Å². The van der Waals surface area contributed by atoms with Crippen LogP contribution in [0.1, 0.15) is 28.4 Å². The summed E-state index contributed by atoms with van der Waals surface area (Å²) in [4.78, 5) is 11.2. The highest BCUT2D eigenvalue weighted by Crippen LogP contribution is 2.35. The first-order valence-corrected chi connectivity index (χ1v) is 4.54. The molecule has 0 N–H and O–H groups in total. The van der Waals surface area contributed by atoms with Crippen molar-refractivity contribution in [1.29, 1.82) is 0 Å². The number of alkyl halides is 3. The molecule has 1 rings (SSSR count). The zero-order valence-electron chi connectivity index (χ0n) is 9.11. The van der Waals surface area contributed by atoms with Gasteiger partial charge in [0.1, 0.15) is 5.75 Å². The lowest BCUT2D eigenvalue weighted by atomic mass is 10.0. The molecule has 0 unspecified atom stereocenters. The fourth-order valence-corrected chi connectivity index (χ4v) is 1.43. The Balaban J connectivity index is 3.45. The third kappa shape index (κ3) is 2.35. The predicted octanol–water partition coefficient (Wildman–Crippen LogP) is 3.23. The molecule has 0 aliphatic carbocycles.